The van der Waals surface area contributed by atoms with Gasteiger partial charge in [-0.1, -0.05) is 13.8 Å². The van der Waals surface area contributed by atoms with Gasteiger partial charge in [-0.3, -0.25) is 29.0 Å². The molecule has 2 saturated heterocycles. The average Bonchev–Trinajstić information content (AvgIpc) is 2.97. The average molecular weight is 297 g/mol. The Morgan fingerprint density at radius 1 is 0.714 bits per heavy atom. The van der Waals surface area contributed by atoms with Gasteiger partial charge in [0, 0.05) is 51.9 Å². The van der Waals surface area contributed by atoms with Crippen LogP contribution in [0.1, 0.15) is 39.5 Å². The fraction of sp³-hybridized carbons (Fsp3) is 0.714. The van der Waals surface area contributed by atoms with Gasteiger partial charge in [0.1, 0.15) is 0 Å². The van der Waals surface area contributed by atoms with Crippen molar-refractivity contribution in [1.29, 1.82) is 0 Å². The Labute approximate surface area is 124 Å². The van der Waals surface area contributed by atoms with Gasteiger partial charge >= 0.3 is 0 Å². The van der Waals surface area contributed by atoms with E-state index in [4.69, 9.17) is 0 Å². The first-order chi connectivity index (χ1) is 10.1. The Balaban J connectivity index is 0.00000106. The highest BCUT2D eigenvalue weighted by molar-refractivity contribution is 6.02. The molecule has 0 saturated carbocycles. The van der Waals surface area contributed by atoms with E-state index in [0.29, 0.717) is 51.9 Å². The third kappa shape index (κ3) is 4.63. The molecule has 0 aromatic heterocycles. The minimum Gasteiger partial charge on any atom is -0.313 e. The number of likely N-dealkylation sites (tertiary alicyclic amines) is 2. The van der Waals surface area contributed by atoms with Crippen molar-refractivity contribution >= 4 is 23.6 Å². The molecule has 118 valence electrons. The van der Waals surface area contributed by atoms with E-state index in [1.54, 1.807) is 0 Å². The lowest BCUT2D eigenvalue weighted by Crippen LogP contribution is -2.39. The van der Waals surface area contributed by atoms with Gasteiger partial charge in [-0.15, -0.1) is 0 Å². The lowest BCUT2D eigenvalue weighted by Gasteiger charge is -2.16. The summed E-state index contributed by atoms with van der Waals surface area (Å²) < 4.78 is 0. The zero-order chi connectivity index (χ0) is 15.8. The summed E-state index contributed by atoms with van der Waals surface area (Å²) in [5, 5.41) is 3.03. The molecule has 1 N–H and O–H groups in total. The number of nitrogens with zero attached hydrogens (tertiary/aromatic N) is 2. The molecular formula is C14H23N3O4. The van der Waals surface area contributed by atoms with E-state index < -0.39 is 0 Å². The van der Waals surface area contributed by atoms with Crippen LogP contribution in [-0.4, -0.2) is 59.6 Å². The predicted octanol–water partition coefficient (Wildman–Crippen LogP) is -0.0998. The van der Waals surface area contributed by atoms with Crippen LogP contribution in [0.2, 0.25) is 0 Å². The molecule has 2 heterocycles. The van der Waals surface area contributed by atoms with Crippen molar-refractivity contribution in [3.05, 3.63) is 0 Å². The normalized spacial score (nSPS) is 18.4. The Bertz CT molecular complexity index is 352. The van der Waals surface area contributed by atoms with Crippen molar-refractivity contribution < 1.29 is 19.2 Å². The van der Waals surface area contributed by atoms with Gasteiger partial charge in [-0.05, 0) is 0 Å². The molecule has 2 fully saturated rings. The summed E-state index contributed by atoms with van der Waals surface area (Å²) in [4.78, 5) is 47.8. The fourth-order valence-electron chi connectivity index (χ4n) is 2.25. The quantitative estimate of drug-likeness (QED) is 0.546. The van der Waals surface area contributed by atoms with E-state index in [0.717, 1.165) is 0 Å². The van der Waals surface area contributed by atoms with Crippen LogP contribution >= 0.6 is 0 Å². The lowest BCUT2D eigenvalue weighted by molar-refractivity contribution is -0.139. The van der Waals surface area contributed by atoms with Gasteiger partial charge in [0.15, 0.2) is 0 Å². The first kappa shape index (κ1) is 17.3. The molecule has 0 aromatic rings. The minimum atomic E-state index is -0.128. The van der Waals surface area contributed by atoms with E-state index in [1.165, 1.54) is 9.80 Å². The molecule has 0 bridgehead atoms. The zero-order valence-corrected chi connectivity index (χ0v) is 12.7. The number of hydrogen-bond donors (Lipinski definition) is 1. The molecule has 2 aliphatic heterocycles. The van der Waals surface area contributed by atoms with E-state index in [-0.39, 0.29) is 23.6 Å². The molecule has 0 unspecified atom stereocenters. The van der Waals surface area contributed by atoms with Crippen molar-refractivity contribution in [3.63, 3.8) is 0 Å². The van der Waals surface area contributed by atoms with Gasteiger partial charge in [0.2, 0.25) is 23.6 Å². The molecule has 0 spiro atoms. The van der Waals surface area contributed by atoms with Crippen molar-refractivity contribution in [2.75, 3.05) is 26.2 Å². The largest absolute Gasteiger partial charge is 0.313 e. The molecule has 0 radical (unpaired) electrons. The Kier molecular flexibility index (Phi) is 7.01. The monoisotopic (exact) mass is 297 g/mol. The van der Waals surface area contributed by atoms with Gasteiger partial charge in [0.05, 0.1) is 0 Å². The van der Waals surface area contributed by atoms with Crippen molar-refractivity contribution in [1.82, 2.24) is 15.1 Å². The summed E-state index contributed by atoms with van der Waals surface area (Å²) in [5.41, 5.74) is 0. The summed E-state index contributed by atoms with van der Waals surface area (Å²) in [5.74, 6) is -0.512. The summed E-state index contributed by atoms with van der Waals surface area (Å²) >= 11 is 0. The Hall–Kier alpha value is -1.76. The third-order valence-electron chi connectivity index (χ3n) is 3.33. The van der Waals surface area contributed by atoms with Crippen LogP contribution in [0, 0.1) is 0 Å². The maximum atomic E-state index is 11.3. The number of amides is 4. The predicted molar refractivity (Wildman–Crippen MR) is 76.1 cm³/mol. The highest BCUT2D eigenvalue weighted by Gasteiger charge is 2.29. The second-order valence-electron chi connectivity index (χ2n) is 4.63. The third-order valence-corrected chi connectivity index (χ3v) is 3.33. The number of nitrogens with one attached hydrogen (secondary N) is 1. The van der Waals surface area contributed by atoms with E-state index >= 15 is 0 Å². The molecule has 4 amide bonds. The summed E-state index contributed by atoms with van der Waals surface area (Å²) in [6.07, 6.45) is 1.20. The van der Waals surface area contributed by atoms with Crippen LogP contribution < -0.4 is 5.32 Å². The highest BCUT2D eigenvalue weighted by Crippen LogP contribution is 2.11. The van der Waals surface area contributed by atoms with Crippen molar-refractivity contribution in [2.45, 2.75) is 39.5 Å². The van der Waals surface area contributed by atoms with Crippen LogP contribution in [0.3, 0.4) is 0 Å². The molecular weight excluding hydrogens is 274 g/mol. The van der Waals surface area contributed by atoms with E-state index in [9.17, 15) is 19.2 Å². The summed E-state index contributed by atoms with van der Waals surface area (Å²) in [6.45, 7) is 5.65. The molecule has 0 aliphatic carbocycles. The number of carbonyl (C=O) groups is 4. The van der Waals surface area contributed by atoms with Gasteiger partial charge in [-0.2, -0.15) is 0 Å². The van der Waals surface area contributed by atoms with Crippen molar-refractivity contribution in [3.8, 4) is 0 Å². The highest BCUT2D eigenvalue weighted by atomic mass is 16.2. The maximum Gasteiger partial charge on any atom is 0.229 e. The summed E-state index contributed by atoms with van der Waals surface area (Å²) in [6, 6.07) is 0. The molecule has 0 aromatic carbocycles. The van der Waals surface area contributed by atoms with Gasteiger partial charge in [0.25, 0.3) is 0 Å². The smallest absolute Gasteiger partial charge is 0.229 e. The number of rotatable bonds is 6. The first-order valence-electron chi connectivity index (χ1n) is 7.46. The molecule has 2 aliphatic rings. The maximum absolute atomic E-state index is 11.3. The van der Waals surface area contributed by atoms with Gasteiger partial charge in [-0.25, -0.2) is 0 Å². The van der Waals surface area contributed by atoms with Crippen LogP contribution in [0.5, 0.6) is 0 Å². The first-order valence-corrected chi connectivity index (χ1v) is 7.46. The Morgan fingerprint density at radius 3 is 1.29 bits per heavy atom. The second kappa shape index (κ2) is 8.51. The minimum absolute atomic E-state index is 0.128. The molecule has 7 heteroatoms. The summed E-state index contributed by atoms with van der Waals surface area (Å²) in [7, 11) is 0. The fourth-order valence-corrected chi connectivity index (χ4v) is 2.25. The van der Waals surface area contributed by atoms with Crippen LogP contribution in [-0.2, 0) is 19.2 Å². The number of carbonyl (C=O) groups excluding carboxylic acids is 4. The number of imide groups is 2. The lowest BCUT2D eigenvalue weighted by atomic mass is 10.4. The Morgan fingerprint density at radius 2 is 1.00 bits per heavy atom. The SMILES string of the molecule is CC.O=C1CCC(=O)N1CCNCCN1C(=O)CCC1=O. The van der Waals surface area contributed by atoms with Crippen LogP contribution in [0.25, 0.3) is 0 Å². The van der Waals surface area contributed by atoms with E-state index in [2.05, 4.69) is 5.32 Å². The van der Waals surface area contributed by atoms with Crippen LogP contribution in [0.15, 0.2) is 0 Å². The molecule has 7 nitrogen and oxygen atoms in total. The van der Waals surface area contributed by atoms with Gasteiger partial charge < -0.3 is 5.32 Å². The second-order valence-corrected chi connectivity index (χ2v) is 4.63. The van der Waals surface area contributed by atoms with E-state index in [1.807, 2.05) is 13.8 Å². The standard InChI is InChI=1S/C12H17N3O4.C2H6/c16-9-1-2-10(17)14(9)7-5-13-6-8-15-11(18)3-4-12(15)19;1-2/h13H,1-8H2;1-2H3. The molecule has 0 atom stereocenters. The number of hydrogen-bond acceptors (Lipinski definition) is 5. The molecule has 2 rings (SSSR count). The molecule has 21 heavy (non-hydrogen) atoms. The topological polar surface area (TPSA) is 86.8 Å². The van der Waals surface area contributed by atoms with Crippen LogP contribution in [0.4, 0.5) is 0 Å². The van der Waals surface area contributed by atoms with Crippen molar-refractivity contribution in [2.24, 2.45) is 0 Å². The zero-order valence-electron chi connectivity index (χ0n) is 12.7.